The molecule has 0 bridgehead atoms. The van der Waals surface area contributed by atoms with Gasteiger partial charge in [0.15, 0.2) is 11.5 Å². The van der Waals surface area contributed by atoms with Crippen molar-refractivity contribution in [1.82, 2.24) is 5.32 Å². The van der Waals surface area contributed by atoms with Gasteiger partial charge in [0.05, 0.1) is 19.8 Å². The van der Waals surface area contributed by atoms with E-state index >= 15 is 0 Å². The summed E-state index contributed by atoms with van der Waals surface area (Å²) in [7, 11) is 3.20. The molecule has 1 aliphatic rings. The average molecular weight is 365 g/mol. The van der Waals surface area contributed by atoms with Gasteiger partial charge in [-0.25, -0.2) is 0 Å². The maximum absolute atomic E-state index is 12.9. The molecule has 140 valence electrons. The number of benzene rings is 2. The van der Waals surface area contributed by atoms with Crippen LogP contribution in [0.1, 0.15) is 34.7 Å². The summed E-state index contributed by atoms with van der Waals surface area (Å²) in [5, 5.41) is 3.46. The quantitative estimate of drug-likeness (QED) is 0.844. The molecule has 0 amide bonds. The molecule has 1 N–H and O–H groups in total. The zero-order chi connectivity index (χ0) is 18.7. The molecule has 1 heterocycles. The van der Waals surface area contributed by atoms with E-state index in [0.717, 1.165) is 24.6 Å². The SMILES string of the molecule is COc1cc2c(cc1OC)C(CCc1cccc(C(F)(F)F)c1)NCC2. The summed E-state index contributed by atoms with van der Waals surface area (Å²) in [6.07, 6.45) is -2.15. The fourth-order valence-corrected chi connectivity index (χ4v) is 3.44. The van der Waals surface area contributed by atoms with Crippen LogP contribution in [0.3, 0.4) is 0 Å². The Labute approximate surface area is 151 Å². The summed E-state index contributed by atoms with van der Waals surface area (Å²) in [6.45, 7) is 0.829. The van der Waals surface area contributed by atoms with Gasteiger partial charge in [-0.05, 0) is 60.7 Å². The molecule has 2 aromatic carbocycles. The van der Waals surface area contributed by atoms with Crippen LogP contribution in [0.25, 0.3) is 0 Å². The van der Waals surface area contributed by atoms with E-state index in [1.54, 1.807) is 20.3 Å². The molecule has 0 saturated heterocycles. The first kappa shape index (κ1) is 18.6. The highest BCUT2D eigenvalue weighted by Crippen LogP contribution is 2.37. The lowest BCUT2D eigenvalue weighted by Gasteiger charge is -2.28. The molecule has 0 aromatic heterocycles. The van der Waals surface area contributed by atoms with Crippen molar-refractivity contribution < 1.29 is 22.6 Å². The Bertz CT molecular complexity index is 774. The normalized spacial score (nSPS) is 16.9. The lowest BCUT2D eigenvalue weighted by Crippen LogP contribution is -2.30. The molecule has 26 heavy (non-hydrogen) atoms. The topological polar surface area (TPSA) is 30.5 Å². The van der Waals surface area contributed by atoms with E-state index in [1.807, 2.05) is 12.1 Å². The molecule has 0 saturated carbocycles. The molecule has 0 radical (unpaired) electrons. The minimum Gasteiger partial charge on any atom is -0.493 e. The number of hydrogen-bond acceptors (Lipinski definition) is 3. The average Bonchev–Trinajstić information content (AvgIpc) is 2.64. The van der Waals surface area contributed by atoms with Crippen molar-refractivity contribution in [3.8, 4) is 11.5 Å². The van der Waals surface area contributed by atoms with E-state index in [9.17, 15) is 13.2 Å². The van der Waals surface area contributed by atoms with Crippen LogP contribution >= 0.6 is 0 Å². The van der Waals surface area contributed by atoms with E-state index in [2.05, 4.69) is 5.32 Å². The molecule has 1 aliphatic heterocycles. The van der Waals surface area contributed by atoms with Crippen molar-refractivity contribution in [2.24, 2.45) is 0 Å². The van der Waals surface area contributed by atoms with Crippen molar-refractivity contribution in [3.05, 3.63) is 58.7 Å². The summed E-state index contributed by atoms with van der Waals surface area (Å²) in [4.78, 5) is 0. The highest BCUT2D eigenvalue weighted by molar-refractivity contribution is 5.49. The summed E-state index contributed by atoms with van der Waals surface area (Å²) < 4.78 is 49.4. The van der Waals surface area contributed by atoms with E-state index < -0.39 is 11.7 Å². The largest absolute Gasteiger partial charge is 0.493 e. The van der Waals surface area contributed by atoms with Crippen LogP contribution in [0.5, 0.6) is 11.5 Å². The number of alkyl halides is 3. The number of ether oxygens (including phenoxy) is 2. The molecule has 1 atom stereocenters. The van der Waals surface area contributed by atoms with Crippen LogP contribution in [0.15, 0.2) is 36.4 Å². The van der Waals surface area contributed by atoms with Gasteiger partial charge in [-0.2, -0.15) is 13.2 Å². The predicted molar refractivity (Wildman–Crippen MR) is 93.8 cm³/mol. The predicted octanol–water partition coefficient (Wildman–Crippen LogP) is 4.54. The van der Waals surface area contributed by atoms with Crippen molar-refractivity contribution in [1.29, 1.82) is 0 Å². The highest BCUT2D eigenvalue weighted by atomic mass is 19.4. The first-order valence-corrected chi connectivity index (χ1v) is 8.56. The zero-order valence-electron chi connectivity index (χ0n) is 14.8. The van der Waals surface area contributed by atoms with Gasteiger partial charge in [0.25, 0.3) is 0 Å². The third-order valence-corrected chi connectivity index (χ3v) is 4.78. The number of rotatable bonds is 5. The van der Waals surface area contributed by atoms with Gasteiger partial charge in [-0.15, -0.1) is 0 Å². The van der Waals surface area contributed by atoms with Gasteiger partial charge in [0.2, 0.25) is 0 Å². The van der Waals surface area contributed by atoms with E-state index in [4.69, 9.17) is 9.47 Å². The Hall–Kier alpha value is -2.21. The smallest absolute Gasteiger partial charge is 0.416 e. The monoisotopic (exact) mass is 365 g/mol. The molecular formula is C20H22F3NO2. The molecule has 0 spiro atoms. The van der Waals surface area contributed by atoms with Crippen LogP contribution in [0.2, 0.25) is 0 Å². The van der Waals surface area contributed by atoms with E-state index in [1.165, 1.54) is 17.7 Å². The lowest BCUT2D eigenvalue weighted by atomic mass is 9.90. The number of aryl methyl sites for hydroxylation is 1. The number of fused-ring (bicyclic) bond motifs is 1. The number of halogens is 3. The van der Waals surface area contributed by atoms with Crippen LogP contribution in [0.4, 0.5) is 13.2 Å². The van der Waals surface area contributed by atoms with Gasteiger partial charge >= 0.3 is 6.18 Å². The van der Waals surface area contributed by atoms with Gasteiger partial charge in [0.1, 0.15) is 0 Å². The molecule has 3 rings (SSSR count). The Morgan fingerprint density at radius 1 is 1.08 bits per heavy atom. The van der Waals surface area contributed by atoms with Crippen molar-refractivity contribution in [2.45, 2.75) is 31.5 Å². The van der Waals surface area contributed by atoms with Crippen LogP contribution in [-0.4, -0.2) is 20.8 Å². The van der Waals surface area contributed by atoms with Gasteiger partial charge in [0, 0.05) is 6.04 Å². The summed E-state index contributed by atoms with van der Waals surface area (Å²) in [6, 6.07) is 9.59. The van der Waals surface area contributed by atoms with E-state index in [0.29, 0.717) is 29.9 Å². The Balaban J connectivity index is 1.79. The third-order valence-electron chi connectivity index (χ3n) is 4.78. The number of nitrogens with one attached hydrogen (secondary N) is 1. The maximum Gasteiger partial charge on any atom is 0.416 e. The van der Waals surface area contributed by atoms with Crippen LogP contribution < -0.4 is 14.8 Å². The first-order chi connectivity index (χ1) is 12.4. The molecular weight excluding hydrogens is 343 g/mol. The van der Waals surface area contributed by atoms with Gasteiger partial charge < -0.3 is 14.8 Å². The van der Waals surface area contributed by atoms with Crippen molar-refractivity contribution >= 4 is 0 Å². The minimum atomic E-state index is -4.31. The fraction of sp³-hybridized carbons (Fsp3) is 0.400. The fourth-order valence-electron chi connectivity index (χ4n) is 3.44. The maximum atomic E-state index is 12.9. The molecule has 1 unspecified atom stereocenters. The highest BCUT2D eigenvalue weighted by Gasteiger charge is 2.30. The molecule has 6 heteroatoms. The van der Waals surface area contributed by atoms with Crippen molar-refractivity contribution in [3.63, 3.8) is 0 Å². The second-order valence-corrected chi connectivity index (χ2v) is 6.40. The lowest BCUT2D eigenvalue weighted by molar-refractivity contribution is -0.137. The minimum absolute atomic E-state index is 0.0769. The van der Waals surface area contributed by atoms with Crippen molar-refractivity contribution in [2.75, 3.05) is 20.8 Å². The summed E-state index contributed by atoms with van der Waals surface area (Å²) in [5.74, 6) is 1.36. The van der Waals surface area contributed by atoms with Crippen LogP contribution in [-0.2, 0) is 19.0 Å². The molecule has 3 nitrogen and oxygen atoms in total. The second kappa shape index (κ2) is 7.58. The Morgan fingerprint density at radius 3 is 2.50 bits per heavy atom. The molecule has 2 aromatic rings. The standard InChI is InChI=1S/C20H22F3NO2/c1-25-18-11-14-8-9-24-17(16(14)12-19(18)26-2)7-6-13-4-3-5-15(10-13)20(21,22)23/h3-5,10-12,17,24H,6-9H2,1-2H3. The summed E-state index contributed by atoms with van der Waals surface area (Å²) >= 11 is 0. The number of methoxy groups -OCH3 is 2. The first-order valence-electron chi connectivity index (χ1n) is 8.56. The Kier molecular flexibility index (Phi) is 5.41. The second-order valence-electron chi connectivity index (χ2n) is 6.40. The Morgan fingerprint density at radius 2 is 1.81 bits per heavy atom. The van der Waals surface area contributed by atoms with Crippen LogP contribution in [0, 0.1) is 0 Å². The van der Waals surface area contributed by atoms with Gasteiger partial charge in [-0.3, -0.25) is 0 Å². The van der Waals surface area contributed by atoms with Gasteiger partial charge in [-0.1, -0.05) is 18.2 Å². The molecule has 0 aliphatic carbocycles. The summed E-state index contributed by atoms with van der Waals surface area (Å²) in [5.41, 5.74) is 2.41. The number of hydrogen-bond donors (Lipinski definition) is 1. The third kappa shape index (κ3) is 3.96. The van der Waals surface area contributed by atoms with E-state index in [-0.39, 0.29) is 6.04 Å². The zero-order valence-corrected chi connectivity index (χ0v) is 14.8. The molecule has 0 fully saturated rings.